The molecule has 1 saturated heterocycles. The topological polar surface area (TPSA) is 93.9 Å². The number of carbonyl (C=O) groups is 2. The number of hydrogen-bond acceptors (Lipinski definition) is 7. The van der Waals surface area contributed by atoms with Gasteiger partial charge in [0.05, 0.1) is 29.9 Å². The van der Waals surface area contributed by atoms with Gasteiger partial charge in [-0.2, -0.15) is 0 Å². The first kappa shape index (κ1) is 19.2. The largest absolute Gasteiger partial charge is 0.383 e. The van der Waals surface area contributed by atoms with Crippen LogP contribution < -0.4 is 10.2 Å². The van der Waals surface area contributed by atoms with Crippen LogP contribution in [0.2, 0.25) is 0 Å². The summed E-state index contributed by atoms with van der Waals surface area (Å²) >= 11 is 0. The predicted octanol–water partition coefficient (Wildman–Crippen LogP) is 1.77. The Hall–Kier alpha value is -2.52. The van der Waals surface area contributed by atoms with E-state index in [4.69, 9.17) is 14.0 Å². The van der Waals surface area contributed by atoms with Crippen LogP contribution in [-0.4, -0.2) is 62.9 Å². The summed E-state index contributed by atoms with van der Waals surface area (Å²) in [7, 11) is 1.51. The molecule has 1 N–H and O–H groups in total. The summed E-state index contributed by atoms with van der Waals surface area (Å²) in [6, 6.07) is 1.44. The number of rotatable bonds is 6. The highest BCUT2D eigenvalue weighted by molar-refractivity contribution is 6.06. The smallest absolute Gasteiger partial charge is 0.274 e. The number of nitrogens with zero attached hydrogens (tertiary/aromatic N) is 2. The second-order valence-electron chi connectivity index (χ2n) is 6.57. The van der Waals surface area contributed by atoms with Gasteiger partial charge in [0.1, 0.15) is 0 Å². The average molecular weight is 379 g/mol. The fourth-order valence-electron chi connectivity index (χ4n) is 3.33. The Morgan fingerprint density at radius 3 is 2.78 bits per heavy atom. The van der Waals surface area contributed by atoms with E-state index in [0.29, 0.717) is 26.0 Å². The summed E-state index contributed by atoms with van der Waals surface area (Å²) in [5.41, 5.74) is 0.0510. The lowest BCUT2D eigenvalue weighted by atomic mass is 10.1. The molecule has 0 spiro atoms. The van der Waals surface area contributed by atoms with Gasteiger partial charge in [-0.05, 0) is 19.9 Å². The van der Waals surface area contributed by atoms with E-state index in [9.17, 15) is 9.59 Å². The number of ether oxygens (including phenoxy) is 2. The number of benzene rings is 1. The quantitative estimate of drug-likeness (QED) is 0.604. The standard InChI is InChI=1S/C18H22FN3O5/c1-10-7-22(8-11(2)26-10)16-12(9-23)6-13-15(18(24)20-4-5-25-3)21-27-17(13)14(16)19/h6,9-11H,4-5,7-8H2,1-3H3,(H,20,24)/t10-,11+. The molecule has 8 nitrogen and oxygen atoms in total. The molecule has 0 bridgehead atoms. The van der Waals surface area contributed by atoms with Gasteiger partial charge in [-0.3, -0.25) is 9.59 Å². The monoisotopic (exact) mass is 379 g/mol. The van der Waals surface area contributed by atoms with Gasteiger partial charge in [0.15, 0.2) is 17.8 Å². The highest BCUT2D eigenvalue weighted by Crippen LogP contribution is 2.34. The number of anilines is 1. The molecule has 27 heavy (non-hydrogen) atoms. The number of halogens is 1. The maximum atomic E-state index is 15.2. The Morgan fingerprint density at radius 1 is 1.44 bits per heavy atom. The number of methoxy groups -OCH3 is 1. The van der Waals surface area contributed by atoms with E-state index >= 15 is 4.39 Å². The number of aromatic nitrogens is 1. The third kappa shape index (κ3) is 3.79. The molecule has 1 aliphatic rings. The fourth-order valence-corrected chi connectivity index (χ4v) is 3.33. The lowest BCUT2D eigenvalue weighted by molar-refractivity contribution is -0.00543. The lowest BCUT2D eigenvalue weighted by Gasteiger charge is -2.37. The molecule has 1 aliphatic heterocycles. The Labute approximate surface area is 155 Å². The SMILES string of the molecule is COCCNC(=O)c1noc2c(F)c(N3C[C@@H](C)O[C@@H](C)C3)c(C=O)cc12. The van der Waals surface area contributed by atoms with Crippen LogP contribution in [0.1, 0.15) is 34.7 Å². The fraction of sp³-hybridized carbons (Fsp3) is 0.500. The minimum absolute atomic E-state index is 0.0710. The number of amides is 1. The van der Waals surface area contributed by atoms with E-state index in [0.717, 1.165) is 0 Å². The van der Waals surface area contributed by atoms with Gasteiger partial charge in [0.2, 0.25) is 5.58 Å². The molecule has 2 heterocycles. The third-order valence-electron chi connectivity index (χ3n) is 4.38. The summed E-state index contributed by atoms with van der Waals surface area (Å²) in [6.07, 6.45) is 0.350. The van der Waals surface area contributed by atoms with Crippen LogP contribution in [-0.2, 0) is 9.47 Å². The van der Waals surface area contributed by atoms with E-state index < -0.39 is 11.7 Å². The molecule has 0 saturated carbocycles. The molecule has 3 rings (SSSR count). The number of morpholine rings is 1. The molecule has 1 fully saturated rings. The number of hydrogen-bond donors (Lipinski definition) is 1. The lowest BCUT2D eigenvalue weighted by Crippen LogP contribution is -2.46. The first-order chi connectivity index (χ1) is 13.0. The Kier molecular flexibility index (Phi) is 5.71. The molecule has 146 valence electrons. The minimum atomic E-state index is -0.709. The summed E-state index contributed by atoms with van der Waals surface area (Å²) in [5.74, 6) is -1.23. The number of carbonyl (C=O) groups excluding carboxylic acids is 2. The van der Waals surface area contributed by atoms with Gasteiger partial charge in [-0.1, -0.05) is 5.16 Å². The van der Waals surface area contributed by atoms with Crippen molar-refractivity contribution >= 4 is 28.8 Å². The first-order valence-corrected chi connectivity index (χ1v) is 8.70. The zero-order chi connectivity index (χ0) is 19.6. The zero-order valence-corrected chi connectivity index (χ0v) is 15.5. The second kappa shape index (κ2) is 8.01. The summed E-state index contributed by atoms with van der Waals surface area (Å²) in [5, 5.41) is 6.46. The van der Waals surface area contributed by atoms with Crippen LogP contribution in [0, 0.1) is 5.82 Å². The number of nitrogens with one attached hydrogen (secondary N) is 1. The van der Waals surface area contributed by atoms with Gasteiger partial charge in [0, 0.05) is 32.3 Å². The molecule has 2 aromatic rings. The van der Waals surface area contributed by atoms with Gasteiger partial charge < -0.3 is 24.2 Å². The normalized spacial score (nSPS) is 20.1. The van der Waals surface area contributed by atoms with Crippen molar-refractivity contribution in [3.63, 3.8) is 0 Å². The maximum absolute atomic E-state index is 15.2. The highest BCUT2D eigenvalue weighted by Gasteiger charge is 2.30. The van der Waals surface area contributed by atoms with Crippen molar-refractivity contribution in [1.29, 1.82) is 0 Å². The van der Waals surface area contributed by atoms with E-state index in [1.807, 2.05) is 13.8 Å². The van der Waals surface area contributed by atoms with Crippen molar-refractivity contribution in [2.45, 2.75) is 26.1 Å². The van der Waals surface area contributed by atoms with E-state index in [2.05, 4.69) is 10.5 Å². The van der Waals surface area contributed by atoms with Crippen molar-refractivity contribution in [2.24, 2.45) is 0 Å². The Bertz CT molecular complexity index is 843. The minimum Gasteiger partial charge on any atom is -0.383 e. The van der Waals surface area contributed by atoms with Crippen LogP contribution in [0.25, 0.3) is 11.0 Å². The summed E-state index contributed by atoms with van der Waals surface area (Å²) < 4.78 is 30.9. The Balaban J connectivity index is 2.01. The third-order valence-corrected chi connectivity index (χ3v) is 4.38. The van der Waals surface area contributed by atoms with Crippen molar-refractivity contribution < 1.29 is 28.0 Å². The maximum Gasteiger partial charge on any atom is 0.274 e. The van der Waals surface area contributed by atoms with Crippen molar-refractivity contribution in [3.05, 3.63) is 23.1 Å². The first-order valence-electron chi connectivity index (χ1n) is 8.70. The van der Waals surface area contributed by atoms with Crippen LogP contribution in [0.5, 0.6) is 0 Å². The average Bonchev–Trinajstić information content (AvgIpc) is 3.05. The number of aldehydes is 1. The molecular weight excluding hydrogens is 357 g/mol. The molecule has 2 atom stereocenters. The molecule has 1 aromatic carbocycles. The van der Waals surface area contributed by atoms with Gasteiger partial charge in [-0.25, -0.2) is 4.39 Å². The molecular formula is C18H22FN3O5. The zero-order valence-electron chi connectivity index (χ0n) is 15.5. The molecule has 0 unspecified atom stereocenters. The molecule has 1 amide bonds. The molecule has 0 radical (unpaired) electrons. The molecule has 1 aromatic heterocycles. The van der Waals surface area contributed by atoms with E-state index in [-0.39, 0.29) is 46.7 Å². The molecule has 9 heteroatoms. The predicted molar refractivity (Wildman–Crippen MR) is 95.8 cm³/mol. The van der Waals surface area contributed by atoms with E-state index in [1.165, 1.54) is 13.2 Å². The summed E-state index contributed by atoms with van der Waals surface area (Å²) in [6.45, 7) is 5.24. The van der Waals surface area contributed by atoms with E-state index in [1.54, 1.807) is 4.90 Å². The van der Waals surface area contributed by atoms with Crippen LogP contribution >= 0.6 is 0 Å². The van der Waals surface area contributed by atoms with Gasteiger partial charge in [-0.15, -0.1) is 0 Å². The number of fused-ring (bicyclic) bond motifs is 1. The van der Waals surface area contributed by atoms with Gasteiger partial charge >= 0.3 is 0 Å². The molecule has 0 aliphatic carbocycles. The second-order valence-corrected chi connectivity index (χ2v) is 6.57. The van der Waals surface area contributed by atoms with Crippen molar-refractivity contribution in [3.8, 4) is 0 Å². The van der Waals surface area contributed by atoms with Crippen LogP contribution in [0.3, 0.4) is 0 Å². The van der Waals surface area contributed by atoms with Gasteiger partial charge in [0.25, 0.3) is 5.91 Å². The van der Waals surface area contributed by atoms with Crippen LogP contribution in [0.4, 0.5) is 10.1 Å². The van der Waals surface area contributed by atoms with Crippen LogP contribution in [0.15, 0.2) is 10.6 Å². The highest BCUT2D eigenvalue weighted by atomic mass is 19.1. The van der Waals surface area contributed by atoms with Crippen molar-refractivity contribution in [1.82, 2.24) is 10.5 Å². The summed E-state index contributed by atoms with van der Waals surface area (Å²) in [4.78, 5) is 25.7. The Morgan fingerprint density at radius 2 is 2.15 bits per heavy atom. The van der Waals surface area contributed by atoms with Crippen molar-refractivity contribution in [2.75, 3.05) is 38.3 Å².